The zero-order valence-electron chi connectivity index (χ0n) is 13.1. The first kappa shape index (κ1) is 16.5. The zero-order valence-corrected chi connectivity index (χ0v) is 14.6. The van der Waals surface area contributed by atoms with Gasteiger partial charge in [0.2, 0.25) is 5.13 Å². The Kier molecular flexibility index (Phi) is 5.46. The normalized spacial score (nSPS) is 10.9. The van der Waals surface area contributed by atoms with E-state index in [2.05, 4.69) is 15.5 Å². The van der Waals surface area contributed by atoms with Gasteiger partial charge in [0, 0.05) is 16.0 Å². The van der Waals surface area contributed by atoms with Gasteiger partial charge >= 0.3 is 0 Å². The average molecular weight is 358 g/mol. The minimum absolute atomic E-state index is 0.449. The fourth-order valence-electron chi connectivity index (χ4n) is 2.07. The third-order valence-electron chi connectivity index (χ3n) is 3.19. The quantitative estimate of drug-likeness (QED) is 0.491. The van der Waals surface area contributed by atoms with E-state index in [-0.39, 0.29) is 0 Å². The number of hydrogen-bond acceptors (Lipinski definition) is 5. The molecule has 0 aliphatic carbocycles. The molecule has 0 spiro atoms. The lowest BCUT2D eigenvalue weighted by Gasteiger charge is -2.09. The second-order valence-electron chi connectivity index (χ2n) is 5.12. The first-order chi connectivity index (χ1) is 11.7. The number of ether oxygens (including phenoxy) is 1. The summed E-state index contributed by atoms with van der Waals surface area (Å²) in [5, 5.41) is 7.67. The Balaban J connectivity index is 1.66. The van der Waals surface area contributed by atoms with Crippen molar-refractivity contribution in [2.75, 3.05) is 5.43 Å². The smallest absolute Gasteiger partial charge is 0.203 e. The van der Waals surface area contributed by atoms with Crippen LogP contribution in [0.3, 0.4) is 0 Å². The van der Waals surface area contributed by atoms with Crippen molar-refractivity contribution in [2.24, 2.45) is 5.10 Å². The molecule has 4 nitrogen and oxygen atoms in total. The van der Waals surface area contributed by atoms with Gasteiger partial charge in [-0.2, -0.15) is 5.10 Å². The Hall–Kier alpha value is -2.37. The molecule has 0 aliphatic heterocycles. The zero-order chi connectivity index (χ0) is 16.8. The largest absolute Gasteiger partial charge is 0.488 e. The van der Waals surface area contributed by atoms with E-state index in [0.717, 1.165) is 27.7 Å². The second-order valence-corrected chi connectivity index (χ2v) is 6.42. The average Bonchev–Trinajstić information content (AvgIpc) is 2.99. The third-order valence-corrected chi connectivity index (χ3v) is 4.29. The molecule has 0 saturated heterocycles. The van der Waals surface area contributed by atoms with Crippen molar-refractivity contribution < 1.29 is 4.74 Å². The molecule has 1 heterocycles. The molecule has 6 heteroatoms. The van der Waals surface area contributed by atoms with Crippen LogP contribution in [0, 0.1) is 6.92 Å². The fraction of sp³-hybridized carbons (Fsp3) is 0.111. The van der Waals surface area contributed by atoms with Crippen LogP contribution in [-0.2, 0) is 6.61 Å². The molecular formula is C18H16ClN3OS. The van der Waals surface area contributed by atoms with Crippen LogP contribution in [0.1, 0.15) is 16.8 Å². The van der Waals surface area contributed by atoms with Gasteiger partial charge in [-0.25, -0.2) is 4.98 Å². The molecule has 0 radical (unpaired) electrons. The number of aryl methyl sites for hydroxylation is 1. The number of para-hydroxylation sites is 1. The molecule has 0 amide bonds. The van der Waals surface area contributed by atoms with Crippen molar-refractivity contribution in [3.8, 4) is 5.75 Å². The van der Waals surface area contributed by atoms with Crippen LogP contribution in [0.2, 0.25) is 5.02 Å². The minimum atomic E-state index is 0.449. The Labute approximate surface area is 149 Å². The molecule has 0 saturated carbocycles. The summed E-state index contributed by atoms with van der Waals surface area (Å²) < 4.78 is 5.89. The summed E-state index contributed by atoms with van der Waals surface area (Å²) in [6.45, 7) is 2.40. The topological polar surface area (TPSA) is 46.5 Å². The summed E-state index contributed by atoms with van der Waals surface area (Å²) in [4.78, 5) is 4.30. The van der Waals surface area contributed by atoms with E-state index >= 15 is 0 Å². The maximum absolute atomic E-state index is 6.00. The maximum Gasteiger partial charge on any atom is 0.203 e. The molecule has 122 valence electrons. The lowest BCUT2D eigenvalue weighted by atomic mass is 10.2. The number of anilines is 1. The molecule has 2 aromatic carbocycles. The number of rotatable bonds is 6. The number of nitrogens with zero attached hydrogens (tertiary/aromatic N) is 2. The number of halogens is 1. The van der Waals surface area contributed by atoms with Gasteiger partial charge in [-0.1, -0.05) is 35.9 Å². The third kappa shape index (κ3) is 4.57. The molecule has 0 aliphatic rings. The highest BCUT2D eigenvalue weighted by Gasteiger charge is 2.02. The molecule has 0 bridgehead atoms. The Morgan fingerprint density at radius 3 is 2.92 bits per heavy atom. The van der Waals surface area contributed by atoms with Crippen molar-refractivity contribution >= 4 is 34.3 Å². The van der Waals surface area contributed by atoms with Gasteiger partial charge in [-0.15, -0.1) is 11.3 Å². The monoisotopic (exact) mass is 357 g/mol. The van der Waals surface area contributed by atoms with Crippen molar-refractivity contribution in [2.45, 2.75) is 13.5 Å². The van der Waals surface area contributed by atoms with Crippen molar-refractivity contribution in [1.82, 2.24) is 4.98 Å². The molecule has 3 aromatic rings. The van der Waals surface area contributed by atoms with Gasteiger partial charge in [0.1, 0.15) is 12.4 Å². The van der Waals surface area contributed by atoms with Crippen LogP contribution in [0.4, 0.5) is 5.13 Å². The van der Waals surface area contributed by atoms with Gasteiger partial charge in [-0.05, 0) is 36.8 Å². The van der Waals surface area contributed by atoms with Crippen LogP contribution >= 0.6 is 22.9 Å². The number of aromatic nitrogens is 1. The van der Waals surface area contributed by atoms with E-state index in [1.807, 2.05) is 60.8 Å². The summed E-state index contributed by atoms with van der Waals surface area (Å²) >= 11 is 7.51. The molecule has 3 rings (SSSR count). The van der Waals surface area contributed by atoms with Crippen LogP contribution in [0.25, 0.3) is 0 Å². The summed E-state index contributed by atoms with van der Waals surface area (Å²) in [7, 11) is 0. The molecule has 0 atom stereocenters. The standard InChI is InChI=1S/C18H16ClN3OS/c1-13-12-24-18(21-13)22-20-10-15-6-2-3-8-17(15)23-11-14-5-4-7-16(19)9-14/h2-10,12H,11H2,1H3,(H,21,22). The van der Waals surface area contributed by atoms with Gasteiger partial charge in [0.15, 0.2) is 0 Å². The van der Waals surface area contributed by atoms with Gasteiger partial charge in [0.05, 0.1) is 11.9 Å². The van der Waals surface area contributed by atoms with E-state index in [1.165, 1.54) is 11.3 Å². The molecular weight excluding hydrogens is 342 g/mol. The van der Waals surface area contributed by atoms with Gasteiger partial charge < -0.3 is 4.74 Å². The van der Waals surface area contributed by atoms with E-state index in [4.69, 9.17) is 16.3 Å². The summed E-state index contributed by atoms with van der Waals surface area (Å²) in [6, 6.07) is 15.4. The lowest BCUT2D eigenvalue weighted by Crippen LogP contribution is -1.99. The van der Waals surface area contributed by atoms with Crippen LogP contribution in [-0.4, -0.2) is 11.2 Å². The SMILES string of the molecule is Cc1csc(NN=Cc2ccccc2OCc2cccc(Cl)c2)n1. The van der Waals surface area contributed by atoms with Crippen molar-refractivity contribution in [3.63, 3.8) is 0 Å². The van der Waals surface area contributed by atoms with Crippen LogP contribution in [0.5, 0.6) is 5.75 Å². The maximum atomic E-state index is 6.00. The van der Waals surface area contributed by atoms with Gasteiger partial charge in [-0.3, -0.25) is 5.43 Å². The summed E-state index contributed by atoms with van der Waals surface area (Å²) in [6.07, 6.45) is 1.73. The van der Waals surface area contributed by atoms with E-state index in [0.29, 0.717) is 11.6 Å². The molecule has 0 unspecified atom stereocenters. The number of hydrazone groups is 1. The molecule has 1 N–H and O–H groups in total. The Morgan fingerprint density at radius 1 is 1.25 bits per heavy atom. The number of nitrogens with one attached hydrogen (secondary N) is 1. The first-order valence-electron chi connectivity index (χ1n) is 7.38. The highest BCUT2D eigenvalue weighted by molar-refractivity contribution is 7.13. The summed E-state index contributed by atoms with van der Waals surface area (Å²) in [5.41, 5.74) is 5.81. The minimum Gasteiger partial charge on any atom is -0.488 e. The molecule has 24 heavy (non-hydrogen) atoms. The van der Waals surface area contributed by atoms with E-state index < -0.39 is 0 Å². The van der Waals surface area contributed by atoms with E-state index in [1.54, 1.807) is 6.21 Å². The Bertz CT molecular complexity index is 848. The highest BCUT2D eigenvalue weighted by Crippen LogP contribution is 2.19. The molecule has 0 fully saturated rings. The first-order valence-corrected chi connectivity index (χ1v) is 8.64. The fourth-order valence-corrected chi connectivity index (χ4v) is 2.92. The number of hydrogen-bond donors (Lipinski definition) is 1. The number of benzene rings is 2. The lowest BCUT2D eigenvalue weighted by molar-refractivity contribution is 0.306. The molecule has 1 aromatic heterocycles. The van der Waals surface area contributed by atoms with Gasteiger partial charge in [0.25, 0.3) is 0 Å². The van der Waals surface area contributed by atoms with Crippen LogP contribution < -0.4 is 10.2 Å². The second kappa shape index (κ2) is 7.95. The highest BCUT2D eigenvalue weighted by atomic mass is 35.5. The van der Waals surface area contributed by atoms with Crippen molar-refractivity contribution in [3.05, 3.63) is 75.8 Å². The number of thiazole rings is 1. The summed E-state index contributed by atoms with van der Waals surface area (Å²) in [5.74, 6) is 0.762. The Morgan fingerprint density at radius 2 is 2.12 bits per heavy atom. The predicted octanol–water partition coefficient (Wildman–Crippen LogP) is 5.13. The van der Waals surface area contributed by atoms with Crippen LogP contribution in [0.15, 0.2) is 59.0 Å². The van der Waals surface area contributed by atoms with E-state index in [9.17, 15) is 0 Å². The predicted molar refractivity (Wildman–Crippen MR) is 100 cm³/mol. The van der Waals surface area contributed by atoms with Crippen molar-refractivity contribution in [1.29, 1.82) is 0 Å².